The van der Waals surface area contributed by atoms with Gasteiger partial charge in [0.2, 0.25) is 0 Å². The number of nitrogens with zero attached hydrogens (tertiary/aromatic N) is 2. The van der Waals surface area contributed by atoms with Crippen LogP contribution in [0.15, 0.2) is 30.3 Å². The molecule has 0 spiro atoms. The Balaban J connectivity index is 2.03. The first-order valence-electron chi connectivity index (χ1n) is 8.65. The zero-order chi connectivity index (χ0) is 20.6. The predicted molar refractivity (Wildman–Crippen MR) is 103 cm³/mol. The second-order valence-corrected chi connectivity index (χ2v) is 6.71. The van der Waals surface area contributed by atoms with Gasteiger partial charge in [0.15, 0.2) is 0 Å². The van der Waals surface area contributed by atoms with Gasteiger partial charge in [-0.2, -0.15) is 13.2 Å². The van der Waals surface area contributed by atoms with E-state index in [-0.39, 0.29) is 5.69 Å². The molecule has 0 fully saturated rings. The molecule has 5 nitrogen and oxygen atoms in total. The highest BCUT2D eigenvalue weighted by molar-refractivity contribution is 5.91. The third-order valence-electron chi connectivity index (χ3n) is 4.48. The number of nitrogens with two attached hydrogens (primary N) is 1. The molecular weight excluding hydrogens is 369 g/mol. The number of benzene rings is 2. The van der Waals surface area contributed by atoms with Gasteiger partial charge in [-0.1, -0.05) is 0 Å². The average molecular weight is 390 g/mol. The van der Waals surface area contributed by atoms with Crippen LogP contribution in [0.2, 0.25) is 0 Å². The molecule has 0 amide bonds. The molecule has 0 aliphatic rings. The number of anilines is 2. The number of halogens is 3. The number of hydrogen-bond donors (Lipinski definition) is 2. The summed E-state index contributed by atoms with van der Waals surface area (Å²) in [5, 5.41) is 3.96. The van der Waals surface area contributed by atoms with Gasteiger partial charge < -0.3 is 15.8 Å². The lowest BCUT2D eigenvalue weighted by Crippen LogP contribution is -2.13. The summed E-state index contributed by atoms with van der Waals surface area (Å²) in [5.74, 6) is 1.78. The second-order valence-electron chi connectivity index (χ2n) is 6.71. The number of nitrogen functional groups attached to an aromatic ring is 1. The van der Waals surface area contributed by atoms with Gasteiger partial charge >= 0.3 is 6.18 Å². The van der Waals surface area contributed by atoms with Crippen LogP contribution in [0.5, 0.6) is 5.75 Å². The smallest absolute Gasteiger partial charge is 0.416 e. The van der Waals surface area contributed by atoms with Gasteiger partial charge in [-0.05, 0) is 56.2 Å². The van der Waals surface area contributed by atoms with E-state index >= 15 is 0 Å². The molecule has 3 rings (SSSR count). The molecule has 28 heavy (non-hydrogen) atoms. The van der Waals surface area contributed by atoms with Crippen molar-refractivity contribution in [3.05, 3.63) is 52.8 Å². The van der Waals surface area contributed by atoms with Gasteiger partial charge in [0.1, 0.15) is 17.4 Å². The number of aryl methyl sites for hydroxylation is 2. The van der Waals surface area contributed by atoms with E-state index in [4.69, 9.17) is 10.5 Å². The van der Waals surface area contributed by atoms with Crippen LogP contribution in [0, 0.1) is 13.8 Å². The molecular formula is C20H21F3N4O. The van der Waals surface area contributed by atoms with Crippen LogP contribution in [-0.2, 0) is 6.18 Å². The Kier molecular flexibility index (Phi) is 5.06. The van der Waals surface area contributed by atoms with Crippen LogP contribution in [0.4, 0.5) is 24.7 Å². The first-order chi connectivity index (χ1) is 13.1. The highest BCUT2D eigenvalue weighted by Crippen LogP contribution is 2.34. The minimum absolute atomic E-state index is 0.0581. The van der Waals surface area contributed by atoms with Crippen LogP contribution in [0.1, 0.15) is 35.5 Å². The zero-order valence-corrected chi connectivity index (χ0v) is 16.0. The number of hydrogen-bond acceptors (Lipinski definition) is 5. The fourth-order valence-corrected chi connectivity index (χ4v) is 3.09. The SMILES string of the molecule is COc1cc2nc(C)nc(NC(C)c3cc(N)cc(C(F)(F)F)c3)c2cc1C. The van der Waals surface area contributed by atoms with E-state index in [1.807, 2.05) is 19.1 Å². The summed E-state index contributed by atoms with van der Waals surface area (Å²) in [5.41, 5.74) is 6.98. The second kappa shape index (κ2) is 7.18. The first-order valence-corrected chi connectivity index (χ1v) is 8.65. The van der Waals surface area contributed by atoms with Crippen molar-refractivity contribution < 1.29 is 17.9 Å². The van der Waals surface area contributed by atoms with E-state index in [0.29, 0.717) is 28.5 Å². The topological polar surface area (TPSA) is 73.1 Å². The fraction of sp³-hybridized carbons (Fsp3) is 0.300. The van der Waals surface area contributed by atoms with E-state index < -0.39 is 17.8 Å². The monoisotopic (exact) mass is 390 g/mol. The van der Waals surface area contributed by atoms with Gasteiger partial charge in [0.05, 0.1) is 24.2 Å². The Morgan fingerprint density at radius 2 is 1.79 bits per heavy atom. The van der Waals surface area contributed by atoms with Crippen LogP contribution >= 0.6 is 0 Å². The maximum absolute atomic E-state index is 13.1. The first kappa shape index (κ1) is 19.7. The van der Waals surface area contributed by atoms with Crippen molar-refractivity contribution >= 4 is 22.4 Å². The minimum Gasteiger partial charge on any atom is -0.496 e. The number of fused-ring (bicyclic) bond motifs is 1. The normalized spacial score (nSPS) is 12.8. The van der Waals surface area contributed by atoms with Crippen LogP contribution in [0.3, 0.4) is 0 Å². The molecule has 8 heteroatoms. The van der Waals surface area contributed by atoms with E-state index in [0.717, 1.165) is 23.1 Å². The minimum atomic E-state index is -4.46. The molecule has 1 heterocycles. The van der Waals surface area contributed by atoms with Crippen molar-refractivity contribution in [1.29, 1.82) is 0 Å². The van der Waals surface area contributed by atoms with Crippen molar-refractivity contribution in [3.8, 4) is 5.75 Å². The van der Waals surface area contributed by atoms with Crippen LogP contribution < -0.4 is 15.8 Å². The largest absolute Gasteiger partial charge is 0.496 e. The quantitative estimate of drug-likeness (QED) is 0.612. The summed E-state index contributed by atoms with van der Waals surface area (Å²) < 4.78 is 44.7. The van der Waals surface area contributed by atoms with Crippen molar-refractivity contribution in [1.82, 2.24) is 9.97 Å². The number of alkyl halides is 3. The van der Waals surface area contributed by atoms with Gasteiger partial charge in [-0.25, -0.2) is 9.97 Å². The molecule has 0 bridgehead atoms. The lowest BCUT2D eigenvalue weighted by molar-refractivity contribution is -0.137. The van der Waals surface area contributed by atoms with Crippen LogP contribution in [0.25, 0.3) is 10.9 Å². The Morgan fingerprint density at radius 1 is 1.07 bits per heavy atom. The Hall–Kier alpha value is -3.03. The molecule has 0 radical (unpaired) electrons. The van der Waals surface area contributed by atoms with Gasteiger partial charge in [0.25, 0.3) is 0 Å². The Bertz CT molecular complexity index is 1030. The highest BCUT2D eigenvalue weighted by Gasteiger charge is 2.31. The molecule has 0 aliphatic heterocycles. The maximum Gasteiger partial charge on any atom is 0.416 e. The Labute approximate surface area is 160 Å². The fourth-order valence-electron chi connectivity index (χ4n) is 3.09. The summed E-state index contributed by atoms with van der Waals surface area (Å²) in [4.78, 5) is 8.87. The number of rotatable bonds is 4. The highest BCUT2D eigenvalue weighted by atomic mass is 19.4. The number of methoxy groups -OCH3 is 1. The predicted octanol–water partition coefficient (Wildman–Crippen LogP) is 5.03. The third kappa shape index (κ3) is 3.95. The summed E-state index contributed by atoms with van der Waals surface area (Å²) in [6.45, 7) is 5.41. The third-order valence-corrected chi connectivity index (χ3v) is 4.48. The molecule has 3 aromatic rings. The molecule has 1 unspecified atom stereocenters. The molecule has 1 atom stereocenters. The van der Waals surface area contributed by atoms with Crippen molar-refractivity contribution in [3.63, 3.8) is 0 Å². The molecule has 3 N–H and O–H groups in total. The lowest BCUT2D eigenvalue weighted by atomic mass is 10.0. The zero-order valence-electron chi connectivity index (χ0n) is 16.0. The maximum atomic E-state index is 13.1. The average Bonchev–Trinajstić information content (AvgIpc) is 2.60. The van der Waals surface area contributed by atoms with Gasteiger partial charge in [0, 0.05) is 17.1 Å². The molecule has 1 aromatic heterocycles. The van der Waals surface area contributed by atoms with E-state index in [1.54, 1.807) is 21.0 Å². The molecule has 0 saturated carbocycles. The molecule has 2 aromatic carbocycles. The summed E-state index contributed by atoms with van der Waals surface area (Å²) >= 11 is 0. The molecule has 148 valence electrons. The Morgan fingerprint density at radius 3 is 2.43 bits per heavy atom. The van der Waals surface area contributed by atoms with E-state index in [9.17, 15) is 13.2 Å². The van der Waals surface area contributed by atoms with Crippen molar-refractivity contribution in [2.75, 3.05) is 18.2 Å². The van der Waals surface area contributed by atoms with Gasteiger partial charge in [-0.15, -0.1) is 0 Å². The van der Waals surface area contributed by atoms with E-state index in [1.165, 1.54) is 6.07 Å². The standard InChI is InChI=1S/C20H21F3N4O/c1-10-5-16-17(9-18(10)28-4)26-12(3)27-19(16)25-11(2)13-6-14(20(21,22)23)8-15(24)7-13/h5-9,11H,24H2,1-4H3,(H,25,26,27). The summed E-state index contributed by atoms with van der Waals surface area (Å²) in [6, 6.07) is 6.80. The van der Waals surface area contributed by atoms with Crippen molar-refractivity contribution in [2.24, 2.45) is 0 Å². The summed E-state index contributed by atoms with van der Waals surface area (Å²) in [6.07, 6.45) is -4.46. The van der Waals surface area contributed by atoms with Crippen LogP contribution in [-0.4, -0.2) is 17.1 Å². The van der Waals surface area contributed by atoms with Crippen molar-refractivity contribution in [2.45, 2.75) is 33.0 Å². The van der Waals surface area contributed by atoms with E-state index in [2.05, 4.69) is 15.3 Å². The van der Waals surface area contributed by atoms with Gasteiger partial charge in [-0.3, -0.25) is 0 Å². The molecule has 0 aliphatic carbocycles. The summed E-state index contributed by atoms with van der Waals surface area (Å²) in [7, 11) is 1.58. The number of aromatic nitrogens is 2. The molecule has 0 saturated heterocycles. The number of ether oxygens (including phenoxy) is 1. The lowest BCUT2D eigenvalue weighted by Gasteiger charge is -2.19. The number of nitrogens with one attached hydrogen (secondary N) is 1.